The van der Waals surface area contributed by atoms with Crippen molar-refractivity contribution in [2.24, 2.45) is 5.92 Å². The summed E-state index contributed by atoms with van der Waals surface area (Å²) in [5.74, 6) is -0.955. The van der Waals surface area contributed by atoms with Gasteiger partial charge in [0.15, 0.2) is 0 Å². The minimum atomic E-state index is -0.710. The number of urea groups is 1. The SMILES string of the molecule is O=C(O)C1CCC(NC(=O)N2CCCN(c3ccccc3)CC2)CC1. The molecule has 1 saturated carbocycles. The van der Waals surface area contributed by atoms with Crippen LogP contribution in [-0.2, 0) is 4.79 Å². The van der Waals surface area contributed by atoms with Crippen LogP contribution >= 0.6 is 0 Å². The standard InChI is InChI=1S/C19H27N3O3/c23-18(24)15-7-9-16(10-8-15)20-19(25)22-12-4-11-21(13-14-22)17-5-2-1-3-6-17/h1-3,5-6,15-16H,4,7-14H2,(H,20,25)(H,23,24). The number of hydrogen-bond donors (Lipinski definition) is 2. The van der Waals surface area contributed by atoms with Crippen LogP contribution < -0.4 is 10.2 Å². The largest absolute Gasteiger partial charge is 0.481 e. The van der Waals surface area contributed by atoms with E-state index in [9.17, 15) is 9.59 Å². The Hall–Kier alpha value is -2.24. The molecular formula is C19H27N3O3. The fourth-order valence-electron chi connectivity index (χ4n) is 3.77. The number of amides is 2. The van der Waals surface area contributed by atoms with Crippen LogP contribution in [-0.4, -0.2) is 54.2 Å². The summed E-state index contributed by atoms with van der Waals surface area (Å²) in [7, 11) is 0. The van der Waals surface area contributed by atoms with Crippen LogP contribution in [0.15, 0.2) is 30.3 Å². The van der Waals surface area contributed by atoms with Gasteiger partial charge < -0.3 is 20.2 Å². The normalized spacial score (nSPS) is 24.5. The van der Waals surface area contributed by atoms with Crippen molar-refractivity contribution in [1.82, 2.24) is 10.2 Å². The Kier molecular flexibility index (Phi) is 5.79. The van der Waals surface area contributed by atoms with Crippen molar-refractivity contribution in [2.75, 3.05) is 31.1 Å². The van der Waals surface area contributed by atoms with Gasteiger partial charge in [0.05, 0.1) is 5.92 Å². The summed E-state index contributed by atoms with van der Waals surface area (Å²) < 4.78 is 0. The summed E-state index contributed by atoms with van der Waals surface area (Å²) in [4.78, 5) is 27.8. The molecule has 0 spiro atoms. The molecule has 2 aliphatic rings. The van der Waals surface area contributed by atoms with E-state index in [1.807, 2.05) is 23.1 Å². The number of aliphatic carboxylic acids is 1. The molecule has 1 aliphatic carbocycles. The van der Waals surface area contributed by atoms with Gasteiger partial charge in [0.25, 0.3) is 0 Å². The summed E-state index contributed by atoms with van der Waals surface area (Å²) in [5, 5.41) is 12.2. The number of para-hydroxylation sites is 1. The number of nitrogens with zero attached hydrogens (tertiary/aromatic N) is 2. The highest BCUT2D eigenvalue weighted by Gasteiger charge is 2.28. The second kappa shape index (κ2) is 8.23. The summed E-state index contributed by atoms with van der Waals surface area (Å²) >= 11 is 0. The van der Waals surface area contributed by atoms with Crippen LogP contribution in [0.3, 0.4) is 0 Å². The first kappa shape index (κ1) is 17.6. The molecule has 25 heavy (non-hydrogen) atoms. The number of carbonyl (C=O) groups excluding carboxylic acids is 1. The average Bonchev–Trinajstić information content (AvgIpc) is 2.89. The maximum absolute atomic E-state index is 12.6. The van der Waals surface area contributed by atoms with E-state index in [1.165, 1.54) is 5.69 Å². The van der Waals surface area contributed by atoms with E-state index >= 15 is 0 Å². The molecule has 3 rings (SSSR count). The van der Waals surface area contributed by atoms with E-state index in [2.05, 4.69) is 22.3 Å². The maximum Gasteiger partial charge on any atom is 0.317 e. The van der Waals surface area contributed by atoms with Gasteiger partial charge in [-0.05, 0) is 44.2 Å². The van der Waals surface area contributed by atoms with Crippen LogP contribution in [0, 0.1) is 5.92 Å². The van der Waals surface area contributed by atoms with Crippen molar-refractivity contribution in [2.45, 2.75) is 38.1 Å². The quantitative estimate of drug-likeness (QED) is 0.883. The summed E-state index contributed by atoms with van der Waals surface area (Å²) in [6.45, 7) is 3.27. The number of carbonyl (C=O) groups is 2. The highest BCUT2D eigenvalue weighted by molar-refractivity contribution is 5.75. The molecule has 0 aromatic heterocycles. The Bertz CT molecular complexity index is 585. The minimum absolute atomic E-state index is 0.00585. The van der Waals surface area contributed by atoms with Crippen molar-refractivity contribution < 1.29 is 14.7 Å². The third-order valence-corrected chi connectivity index (χ3v) is 5.31. The Morgan fingerprint density at radius 3 is 2.36 bits per heavy atom. The zero-order valence-corrected chi connectivity index (χ0v) is 14.6. The van der Waals surface area contributed by atoms with E-state index in [4.69, 9.17) is 5.11 Å². The number of anilines is 1. The van der Waals surface area contributed by atoms with Crippen molar-refractivity contribution in [3.63, 3.8) is 0 Å². The van der Waals surface area contributed by atoms with Gasteiger partial charge in [-0.2, -0.15) is 0 Å². The van der Waals surface area contributed by atoms with Crippen molar-refractivity contribution >= 4 is 17.7 Å². The maximum atomic E-state index is 12.6. The molecule has 2 amide bonds. The predicted octanol–water partition coefficient (Wildman–Crippen LogP) is 2.55. The Balaban J connectivity index is 1.48. The summed E-state index contributed by atoms with van der Waals surface area (Å²) in [6.07, 6.45) is 3.78. The minimum Gasteiger partial charge on any atom is -0.481 e. The lowest BCUT2D eigenvalue weighted by Gasteiger charge is -2.30. The second-order valence-electron chi connectivity index (χ2n) is 7.00. The van der Waals surface area contributed by atoms with Gasteiger partial charge in [-0.25, -0.2) is 4.79 Å². The highest BCUT2D eigenvalue weighted by Crippen LogP contribution is 2.24. The van der Waals surface area contributed by atoms with E-state index in [1.54, 1.807) is 0 Å². The van der Waals surface area contributed by atoms with Crippen LogP contribution in [0.5, 0.6) is 0 Å². The van der Waals surface area contributed by atoms with Crippen LogP contribution in [0.4, 0.5) is 10.5 Å². The predicted molar refractivity (Wildman–Crippen MR) is 96.8 cm³/mol. The van der Waals surface area contributed by atoms with Gasteiger partial charge in [0.2, 0.25) is 0 Å². The molecule has 2 fully saturated rings. The lowest BCUT2D eigenvalue weighted by molar-refractivity contribution is -0.142. The number of rotatable bonds is 3. The zero-order chi connectivity index (χ0) is 17.6. The molecule has 1 heterocycles. The Morgan fingerprint density at radius 2 is 1.68 bits per heavy atom. The molecule has 0 atom stereocenters. The van der Waals surface area contributed by atoms with Gasteiger partial charge in [0, 0.05) is 37.9 Å². The molecule has 2 N–H and O–H groups in total. The molecule has 0 bridgehead atoms. The number of carboxylic acids is 1. The van der Waals surface area contributed by atoms with Crippen molar-refractivity contribution in [3.05, 3.63) is 30.3 Å². The Labute approximate surface area is 148 Å². The lowest BCUT2D eigenvalue weighted by Crippen LogP contribution is -2.47. The molecule has 0 unspecified atom stereocenters. The number of hydrogen-bond acceptors (Lipinski definition) is 3. The van der Waals surface area contributed by atoms with Gasteiger partial charge in [-0.15, -0.1) is 0 Å². The molecular weight excluding hydrogens is 318 g/mol. The summed E-state index contributed by atoms with van der Waals surface area (Å²) in [6, 6.07) is 10.4. The summed E-state index contributed by atoms with van der Waals surface area (Å²) in [5.41, 5.74) is 1.21. The first-order chi connectivity index (χ1) is 12.1. The molecule has 1 aliphatic heterocycles. The number of carboxylic acid groups (broad SMARTS) is 1. The number of benzene rings is 1. The van der Waals surface area contributed by atoms with E-state index in [0.29, 0.717) is 19.4 Å². The van der Waals surface area contributed by atoms with Crippen LogP contribution in [0.1, 0.15) is 32.1 Å². The van der Waals surface area contributed by atoms with Gasteiger partial charge in [-0.1, -0.05) is 18.2 Å². The van der Waals surface area contributed by atoms with Crippen LogP contribution in [0.25, 0.3) is 0 Å². The lowest BCUT2D eigenvalue weighted by atomic mass is 9.86. The third-order valence-electron chi connectivity index (χ3n) is 5.31. The number of nitrogens with one attached hydrogen (secondary N) is 1. The second-order valence-corrected chi connectivity index (χ2v) is 7.00. The molecule has 136 valence electrons. The van der Waals surface area contributed by atoms with Gasteiger partial charge in [-0.3, -0.25) is 4.79 Å². The van der Waals surface area contributed by atoms with Crippen molar-refractivity contribution in [1.29, 1.82) is 0 Å². The van der Waals surface area contributed by atoms with E-state index in [0.717, 1.165) is 38.9 Å². The average molecular weight is 345 g/mol. The smallest absolute Gasteiger partial charge is 0.317 e. The first-order valence-corrected chi connectivity index (χ1v) is 9.22. The molecule has 0 radical (unpaired) electrons. The molecule has 6 heteroatoms. The highest BCUT2D eigenvalue weighted by atomic mass is 16.4. The third kappa shape index (κ3) is 4.65. The van der Waals surface area contributed by atoms with Crippen molar-refractivity contribution in [3.8, 4) is 0 Å². The van der Waals surface area contributed by atoms with Gasteiger partial charge in [0.1, 0.15) is 0 Å². The molecule has 1 saturated heterocycles. The Morgan fingerprint density at radius 1 is 0.960 bits per heavy atom. The van der Waals surface area contributed by atoms with Gasteiger partial charge >= 0.3 is 12.0 Å². The molecule has 6 nitrogen and oxygen atoms in total. The zero-order valence-electron chi connectivity index (χ0n) is 14.6. The fraction of sp³-hybridized carbons (Fsp3) is 0.579. The monoisotopic (exact) mass is 345 g/mol. The van der Waals surface area contributed by atoms with E-state index < -0.39 is 5.97 Å². The van der Waals surface area contributed by atoms with Crippen LogP contribution in [0.2, 0.25) is 0 Å². The molecule has 1 aromatic rings. The molecule has 1 aromatic carbocycles. The first-order valence-electron chi connectivity index (χ1n) is 9.22. The topological polar surface area (TPSA) is 72.9 Å². The fourth-order valence-corrected chi connectivity index (χ4v) is 3.77. The van der Waals surface area contributed by atoms with E-state index in [-0.39, 0.29) is 18.0 Å².